The van der Waals surface area contributed by atoms with Crippen molar-refractivity contribution in [2.45, 2.75) is 22.5 Å². The van der Waals surface area contributed by atoms with Crippen molar-refractivity contribution in [1.29, 1.82) is 0 Å². The highest BCUT2D eigenvalue weighted by molar-refractivity contribution is 8.03. The summed E-state index contributed by atoms with van der Waals surface area (Å²) in [5.41, 5.74) is 0.842. The topological polar surface area (TPSA) is 54.9 Å². The zero-order chi connectivity index (χ0) is 17.6. The summed E-state index contributed by atoms with van der Waals surface area (Å²) in [5, 5.41) is 13.5. The van der Waals surface area contributed by atoms with Crippen molar-refractivity contribution in [1.82, 2.24) is 10.2 Å². The van der Waals surface area contributed by atoms with Gasteiger partial charge in [-0.05, 0) is 17.4 Å². The zero-order valence-corrected chi connectivity index (χ0v) is 16.5. The highest BCUT2D eigenvalue weighted by Gasteiger charge is 2.10. The van der Waals surface area contributed by atoms with Crippen molar-refractivity contribution < 1.29 is 4.79 Å². The van der Waals surface area contributed by atoms with Crippen molar-refractivity contribution in [2.75, 3.05) is 16.8 Å². The van der Waals surface area contributed by atoms with Crippen LogP contribution in [0.3, 0.4) is 0 Å². The zero-order valence-electron chi connectivity index (χ0n) is 14.1. The summed E-state index contributed by atoms with van der Waals surface area (Å²) in [6, 6.07) is 13.9. The number of carbonyl (C=O) groups excluding carboxylic acids is 1. The van der Waals surface area contributed by atoms with Gasteiger partial charge in [-0.3, -0.25) is 4.79 Å². The number of nitrogens with one attached hydrogen (secondary N) is 1. The van der Waals surface area contributed by atoms with Gasteiger partial charge in [0.1, 0.15) is 0 Å². The quantitative estimate of drug-likeness (QED) is 0.565. The predicted molar refractivity (Wildman–Crippen MR) is 109 cm³/mol. The molecule has 1 heterocycles. The number of carbonyl (C=O) groups is 1. The first-order chi connectivity index (χ1) is 12.1. The molecule has 2 aromatic carbocycles. The van der Waals surface area contributed by atoms with Crippen LogP contribution in [-0.4, -0.2) is 27.6 Å². The van der Waals surface area contributed by atoms with Crippen LogP contribution in [0.4, 0.5) is 5.69 Å². The molecule has 0 aliphatic carbocycles. The molecule has 1 amide bonds. The summed E-state index contributed by atoms with van der Waals surface area (Å²) in [6.45, 7) is 4.36. The van der Waals surface area contributed by atoms with Crippen LogP contribution in [0, 0.1) is 5.92 Å². The monoisotopic (exact) mass is 389 g/mol. The SMILES string of the molecule is CC(C)CSc1nnc(SCC(=O)Nc2cccc3ccccc23)s1. The number of thioether (sulfide) groups is 2. The van der Waals surface area contributed by atoms with Crippen LogP contribution in [0.15, 0.2) is 51.1 Å². The lowest BCUT2D eigenvalue weighted by molar-refractivity contribution is -0.113. The second-order valence-electron chi connectivity index (χ2n) is 5.90. The van der Waals surface area contributed by atoms with Crippen molar-refractivity contribution >= 4 is 57.2 Å². The largest absolute Gasteiger partial charge is 0.325 e. The summed E-state index contributed by atoms with van der Waals surface area (Å²) in [6.07, 6.45) is 0. The van der Waals surface area contributed by atoms with E-state index in [0.717, 1.165) is 30.9 Å². The highest BCUT2D eigenvalue weighted by Crippen LogP contribution is 2.30. The molecule has 0 radical (unpaired) electrons. The van der Waals surface area contributed by atoms with Gasteiger partial charge in [-0.1, -0.05) is 85.1 Å². The van der Waals surface area contributed by atoms with E-state index in [-0.39, 0.29) is 5.91 Å². The predicted octanol–water partition coefficient (Wildman–Crippen LogP) is 5.17. The Morgan fingerprint density at radius 1 is 1.08 bits per heavy atom. The van der Waals surface area contributed by atoms with E-state index in [1.807, 2.05) is 42.5 Å². The van der Waals surface area contributed by atoms with E-state index in [2.05, 4.69) is 29.4 Å². The number of hydrogen-bond donors (Lipinski definition) is 1. The molecule has 0 fully saturated rings. The number of fused-ring (bicyclic) bond motifs is 1. The normalized spacial score (nSPS) is 11.2. The second-order valence-corrected chi connectivity index (χ2v) is 9.37. The van der Waals surface area contributed by atoms with Gasteiger partial charge < -0.3 is 5.32 Å². The molecule has 0 aliphatic rings. The number of nitrogens with zero attached hydrogens (tertiary/aromatic N) is 2. The third-order valence-corrected chi connectivity index (χ3v) is 6.94. The van der Waals surface area contributed by atoms with Crippen LogP contribution in [0.5, 0.6) is 0 Å². The van der Waals surface area contributed by atoms with Crippen molar-refractivity contribution in [3.63, 3.8) is 0 Å². The minimum Gasteiger partial charge on any atom is -0.325 e. The van der Waals surface area contributed by atoms with E-state index < -0.39 is 0 Å². The fourth-order valence-electron chi connectivity index (χ4n) is 2.20. The Morgan fingerprint density at radius 3 is 2.60 bits per heavy atom. The van der Waals surface area contributed by atoms with E-state index in [4.69, 9.17) is 0 Å². The number of anilines is 1. The van der Waals surface area contributed by atoms with Gasteiger partial charge in [-0.2, -0.15) is 0 Å². The third-order valence-electron chi connectivity index (χ3n) is 3.32. The molecule has 0 unspecified atom stereocenters. The molecule has 3 rings (SSSR count). The lowest BCUT2D eigenvalue weighted by Crippen LogP contribution is -2.14. The highest BCUT2D eigenvalue weighted by atomic mass is 32.2. The summed E-state index contributed by atoms with van der Waals surface area (Å²) in [4.78, 5) is 12.3. The lowest BCUT2D eigenvalue weighted by atomic mass is 10.1. The first kappa shape index (κ1) is 18.2. The van der Waals surface area contributed by atoms with E-state index in [9.17, 15) is 4.79 Å². The molecule has 0 aliphatic heterocycles. The number of aromatic nitrogens is 2. The molecule has 1 aromatic heterocycles. The minimum absolute atomic E-state index is 0.0343. The van der Waals surface area contributed by atoms with E-state index in [1.54, 1.807) is 23.1 Å². The molecule has 0 saturated heterocycles. The Balaban J connectivity index is 1.56. The molecular weight excluding hydrogens is 370 g/mol. The number of amides is 1. The second kappa shape index (κ2) is 8.69. The third kappa shape index (κ3) is 5.20. The van der Waals surface area contributed by atoms with E-state index in [1.165, 1.54) is 11.8 Å². The van der Waals surface area contributed by atoms with Gasteiger partial charge in [-0.15, -0.1) is 10.2 Å². The summed E-state index contributed by atoms with van der Waals surface area (Å²) >= 11 is 4.70. The minimum atomic E-state index is -0.0343. The molecule has 0 spiro atoms. The average molecular weight is 390 g/mol. The Bertz CT molecular complexity index is 858. The standard InChI is InChI=1S/C18H19N3OS3/c1-12(2)10-23-17-20-21-18(25-17)24-11-16(22)19-15-9-5-7-13-6-3-4-8-14(13)15/h3-9,12H,10-11H2,1-2H3,(H,19,22). The number of rotatable bonds is 7. The molecule has 130 valence electrons. The Labute approximate surface area is 159 Å². The fourth-order valence-corrected chi connectivity index (χ4v) is 5.00. The van der Waals surface area contributed by atoms with Crippen LogP contribution >= 0.6 is 34.9 Å². The Morgan fingerprint density at radius 2 is 1.80 bits per heavy atom. The number of benzene rings is 2. The van der Waals surface area contributed by atoms with Gasteiger partial charge in [0, 0.05) is 16.8 Å². The summed E-state index contributed by atoms with van der Waals surface area (Å²) < 4.78 is 1.80. The maximum Gasteiger partial charge on any atom is 0.234 e. The molecule has 1 N–H and O–H groups in total. The first-order valence-electron chi connectivity index (χ1n) is 7.98. The maximum atomic E-state index is 12.3. The molecule has 0 bridgehead atoms. The van der Waals surface area contributed by atoms with Gasteiger partial charge in [0.2, 0.25) is 5.91 Å². The van der Waals surface area contributed by atoms with Crippen LogP contribution in [0.1, 0.15) is 13.8 Å². The van der Waals surface area contributed by atoms with E-state index in [0.29, 0.717) is 11.7 Å². The van der Waals surface area contributed by atoms with Crippen LogP contribution in [-0.2, 0) is 4.79 Å². The van der Waals surface area contributed by atoms with Gasteiger partial charge in [0.25, 0.3) is 0 Å². The van der Waals surface area contributed by atoms with Gasteiger partial charge in [0.15, 0.2) is 8.68 Å². The van der Waals surface area contributed by atoms with Gasteiger partial charge in [-0.25, -0.2) is 0 Å². The van der Waals surface area contributed by atoms with Crippen LogP contribution in [0.25, 0.3) is 10.8 Å². The molecule has 25 heavy (non-hydrogen) atoms. The smallest absolute Gasteiger partial charge is 0.234 e. The summed E-state index contributed by atoms with van der Waals surface area (Å²) in [7, 11) is 0. The molecular formula is C18H19N3OS3. The first-order valence-corrected chi connectivity index (χ1v) is 10.8. The van der Waals surface area contributed by atoms with Crippen molar-refractivity contribution in [3.8, 4) is 0 Å². The molecule has 0 atom stereocenters. The summed E-state index contributed by atoms with van der Waals surface area (Å²) in [5.74, 6) is 1.94. The van der Waals surface area contributed by atoms with Crippen molar-refractivity contribution in [2.24, 2.45) is 5.92 Å². The molecule has 3 aromatic rings. The van der Waals surface area contributed by atoms with Crippen LogP contribution in [0.2, 0.25) is 0 Å². The van der Waals surface area contributed by atoms with E-state index >= 15 is 0 Å². The molecule has 0 saturated carbocycles. The van der Waals surface area contributed by atoms with Crippen molar-refractivity contribution in [3.05, 3.63) is 42.5 Å². The number of hydrogen-bond acceptors (Lipinski definition) is 6. The Hall–Kier alpha value is -1.57. The molecule has 4 nitrogen and oxygen atoms in total. The Kier molecular flexibility index (Phi) is 6.34. The fraction of sp³-hybridized carbons (Fsp3) is 0.278. The lowest BCUT2D eigenvalue weighted by Gasteiger charge is -2.08. The molecule has 7 heteroatoms. The van der Waals surface area contributed by atoms with Gasteiger partial charge in [0.05, 0.1) is 5.75 Å². The average Bonchev–Trinajstić information content (AvgIpc) is 3.06. The maximum absolute atomic E-state index is 12.3. The van der Waals surface area contributed by atoms with Gasteiger partial charge >= 0.3 is 0 Å². The van der Waals surface area contributed by atoms with Crippen LogP contribution < -0.4 is 5.32 Å².